The third-order valence-electron chi connectivity index (χ3n) is 1.43. The maximum absolute atomic E-state index is 10.0. The molecule has 0 spiro atoms. The molecule has 0 aromatic rings. The highest BCUT2D eigenvalue weighted by Gasteiger charge is 2.22. The van der Waals surface area contributed by atoms with E-state index in [0.717, 1.165) is 0 Å². The molecule has 0 saturated heterocycles. The minimum Gasteiger partial charge on any atom is -0.465 e. The van der Waals surface area contributed by atoms with Crippen LogP contribution in [0.25, 0.3) is 0 Å². The van der Waals surface area contributed by atoms with Gasteiger partial charge < -0.3 is 20.6 Å². The van der Waals surface area contributed by atoms with Gasteiger partial charge in [0.1, 0.15) is 0 Å². The summed E-state index contributed by atoms with van der Waals surface area (Å²) >= 11 is 0. The first-order chi connectivity index (χ1) is 5.04. The van der Waals surface area contributed by atoms with Gasteiger partial charge in [-0.3, -0.25) is 0 Å². The van der Waals surface area contributed by atoms with Gasteiger partial charge in [-0.1, -0.05) is 6.92 Å². The Balaban J connectivity index is 3.78. The largest absolute Gasteiger partial charge is 0.465 e. The molecule has 5 heteroatoms. The van der Waals surface area contributed by atoms with Crippen LogP contribution in [0, 0.1) is 5.41 Å². The summed E-state index contributed by atoms with van der Waals surface area (Å²) in [5, 5.41) is 27.7. The zero-order valence-electron chi connectivity index (χ0n) is 6.37. The Bertz CT molecular complexity index is 133. The van der Waals surface area contributed by atoms with E-state index in [-0.39, 0.29) is 19.8 Å². The lowest BCUT2D eigenvalue weighted by Gasteiger charge is -2.23. The van der Waals surface area contributed by atoms with Crippen molar-refractivity contribution >= 4 is 6.09 Å². The molecule has 0 radical (unpaired) electrons. The van der Waals surface area contributed by atoms with Gasteiger partial charge in [-0.2, -0.15) is 0 Å². The molecule has 5 nitrogen and oxygen atoms in total. The van der Waals surface area contributed by atoms with Crippen molar-refractivity contribution < 1.29 is 20.1 Å². The average molecular weight is 163 g/mol. The second-order valence-electron chi connectivity index (χ2n) is 2.79. The summed E-state index contributed by atoms with van der Waals surface area (Å²) in [5.74, 6) is 0. The number of rotatable bonds is 4. The Morgan fingerprint density at radius 3 is 2.18 bits per heavy atom. The number of hydrogen-bond acceptors (Lipinski definition) is 3. The van der Waals surface area contributed by atoms with Crippen LogP contribution in [0.1, 0.15) is 6.92 Å². The fourth-order valence-electron chi connectivity index (χ4n) is 0.451. The summed E-state index contributed by atoms with van der Waals surface area (Å²) in [6.45, 7) is 1.14. The van der Waals surface area contributed by atoms with Gasteiger partial charge in [0.2, 0.25) is 0 Å². The Labute approximate surface area is 64.7 Å². The van der Waals surface area contributed by atoms with Gasteiger partial charge in [0, 0.05) is 12.0 Å². The van der Waals surface area contributed by atoms with Crippen molar-refractivity contribution in [2.24, 2.45) is 5.41 Å². The van der Waals surface area contributed by atoms with Gasteiger partial charge in [0.05, 0.1) is 13.2 Å². The van der Waals surface area contributed by atoms with Gasteiger partial charge in [0.25, 0.3) is 0 Å². The molecule has 0 fully saturated rings. The van der Waals surface area contributed by atoms with E-state index in [2.05, 4.69) is 5.32 Å². The van der Waals surface area contributed by atoms with Gasteiger partial charge in [-0.05, 0) is 0 Å². The van der Waals surface area contributed by atoms with Gasteiger partial charge in [-0.15, -0.1) is 0 Å². The van der Waals surface area contributed by atoms with Crippen LogP contribution in [-0.2, 0) is 0 Å². The summed E-state index contributed by atoms with van der Waals surface area (Å²) in [4.78, 5) is 10.0. The monoisotopic (exact) mass is 163 g/mol. The van der Waals surface area contributed by atoms with Crippen LogP contribution in [0.15, 0.2) is 0 Å². The van der Waals surface area contributed by atoms with Crippen LogP contribution in [0.5, 0.6) is 0 Å². The predicted molar refractivity (Wildman–Crippen MR) is 38.3 cm³/mol. The zero-order valence-corrected chi connectivity index (χ0v) is 6.37. The molecule has 1 amide bonds. The van der Waals surface area contributed by atoms with Crippen molar-refractivity contribution in [3.63, 3.8) is 0 Å². The van der Waals surface area contributed by atoms with E-state index in [0.29, 0.717) is 0 Å². The Morgan fingerprint density at radius 2 is 1.91 bits per heavy atom. The van der Waals surface area contributed by atoms with E-state index in [1.54, 1.807) is 6.92 Å². The maximum Gasteiger partial charge on any atom is 0.404 e. The summed E-state index contributed by atoms with van der Waals surface area (Å²) in [7, 11) is 0. The zero-order chi connectivity index (χ0) is 8.91. The van der Waals surface area contributed by atoms with E-state index in [1.807, 2.05) is 0 Å². The van der Waals surface area contributed by atoms with Crippen LogP contribution >= 0.6 is 0 Å². The molecule has 0 aliphatic heterocycles. The number of aliphatic hydroxyl groups is 2. The molecule has 0 rings (SSSR count). The molecule has 0 saturated carbocycles. The van der Waals surface area contributed by atoms with Crippen molar-refractivity contribution in [1.82, 2.24) is 5.32 Å². The van der Waals surface area contributed by atoms with Gasteiger partial charge in [0.15, 0.2) is 0 Å². The first-order valence-electron chi connectivity index (χ1n) is 3.22. The van der Waals surface area contributed by atoms with Crippen molar-refractivity contribution in [2.75, 3.05) is 19.8 Å². The van der Waals surface area contributed by atoms with Crippen LogP contribution in [-0.4, -0.2) is 41.2 Å². The molecule has 0 aromatic heterocycles. The lowest BCUT2D eigenvalue weighted by atomic mass is 9.93. The normalized spacial score (nSPS) is 11.2. The molecular weight excluding hydrogens is 150 g/mol. The van der Waals surface area contributed by atoms with Crippen LogP contribution in [0.3, 0.4) is 0 Å². The molecule has 0 atom stereocenters. The first-order valence-corrected chi connectivity index (χ1v) is 3.22. The number of carboxylic acid groups (broad SMARTS) is 1. The summed E-state index contributed by atoms with van der Waals surface area (Å²) in [5.41, 5.74) is -0.765. The molecule has 0 aliphatic rings. The van der Waals surface area contributed by atoms with Gasteiger partial charge >= 0.3 is 6.09 Å². The molecule has 11 heavy (non-hydrogen) atoms. The molecule has 66 valence electrons. The lowest BCUT2D eigenvalue weighted by Crippen LogP contribution is -2.39. The standard InChI is InChI=1S/C6H13NO4/c1-6(3-8,4-9)2-7-5(10)11/h7-9H,2-4H2,1H3,(H,10,11). The molecule has 0 aliphatic carbocycles. The van der Waals surface area contributed by atoms with Crippen LogP contribution in [0.4, 0.5) is 4.79 Å². The SMILES string of the molecule is CC(CO)(CO)CNC(=O)O. The van der Waals surface area contributed by atoms with Crippen molar-refractivity contribution in [1.29, 1.82) is 0 Å². The third kappa shape index (κ3) is 3.79. The summed E-state index contributed by atoms with van der Waals surface area (Å²) in [6.07, 6.45) is -1.15. The van der Waals surface area contributed by atoms with Crippen LogP contribution < -0.4 is 5.32 Å². The smallest absolute Gasteiger partial charge is 0.404 e. The Hall–Kier alpha value is -0.810. The molecule has 0 bridgehead atoms. The van der Waals surface area contributed by atoms with Crippen molar-refractivity contribution in [3.05, 3.63) is 0 Å². The number of amides is 1. The maximum atomic E-state index is 10.0. The highest BCUT2D eigenvalue weighted by molar-refractivity contribution is 5.64. The Kier molecular flexibility index (Phi) is 3.84. The highest BCUT2D eigenvalue weighted by atomic mass is 16.4. The minimum absolute atomic E-state index is 0.0509. The number of nitrogens with one attached hydrogen (secondary N) is 1. The third-order valence-corrected chi connectivity index (χ3v) is 1.43. The topological polar surface area (TPSA) is 89.8 Å². The quantitative estimate of drug-likeness (QED) is 0.438. The van der Waals surface area contributed by atoms with Crippen molar-refractivity contribution in [3.8, 4) is 0 Å². The first kappa shape index (κ1) is 10.2. The van der Waals surface area contributed by atoms with E-state index in [4.69, 9.17) is 15.3 Å². The molecule has 4 N–H and O–H groups in total. The number of carbonyl (C=O) groups is 1. The van der Waals surface area contributed by atoms with Crippen molar-refractivity contribution in [2.45, 2.75) is 6.92 Å². The van der Waals surface area contributed by atoms with E-state index in [1.165, 1.54) is 0 Å². The summed E-state index contributed by atoms with van der Waals surface area (Å²) in [6, 6.07) is 0. The van der Waals surface area contributed by atoms with E-state index >= 15 is 0 Å². The number of hydrogen-bond donors (Lipinski definition) is 4. The fourth-order valence-corrected chi connectivity index (χ4v) is 0.451. The molecular formula is C6H13NO4. The lowest BCUT2D eigenvalue weighted by molar-refractivity contribution is 0.0695. The minimum atomic E-state index is -1.15. The molecule has 0 heterocycles. The highest BCUT2D eigenvalue weighted by Crippen LogP contribution is 2.11. The predicted octanol–water partition coefficient (Wildman–Crippen LogP) is -0.755. The van der Waals surface area contributed by atoms with E-state index in [9.17, 15) is 4.79 Å². The second kappa shape index (κ2) is 4.15. The Morgan fingerprint density at radius 1 is 1.45 bits per heavy atom. The average Bonchev–Trinajstić information content (AvgIpc) is 2.00. The van der Waals surface area contributed by atoms with Gasteiger partial charge in [-0.25, -0.2) is 4.79 Å². The number of aliphatic hydroxyl groups excluding tert-OH is 2. The summed E-state index contributed by atoms with van der Waals surface area (Å²) < 4.78 is 0. The molecule has 0 unspecified atom stereocenters. The van der Waals surface area contributed by atoms with Crippen LogP contribution in [0.2, 0.25) is 0 Å². The molecule has 0 aromatic carbocycles. The van der Waals surface area contributed by atoms with E-state index < -0.39 is 11.5 Å². The fraction of sp³-hybridized carbons (Fsp3) is 0.833. The second-order valence-corrected chi connectivity index (χ2v) is 2.79.